The van der Waals surface area contributed by atoms with Crippen molar-refractivity contribution in [2.24, 2.45) is 0 Å². The van der Waals surface area contributed by atoms with Gasteiger partial charge in [-0.05, 0) is 13.8 Å². The lowest BCUT2D eigenvalue weighted by Gasteiger charge is -2.29. The highest BCUT2D eigenvalue weighted by molar-refractivity contribution is 5.60. The summed E-state index contributed by atoms with van der Waals surface area (Å²) < 4.78 is 156. The van der Waals surface area contributed by atoms with Crippen molar-refractivity contribution in [1.82, 2.24) is 0 Å². The Morgan fingerprint density at radius 3 is 1.08 bits per heavy atom. The van der Waals surface area contributed by atoms with Crippen LogP contribution in [0, 0.1) is 0 Å². The largest absolute Gasteiger partial charge is 0.509 e. The Labute approximate surface area is 137 Å². The summed E-state index contributed by atoms with van der Waals surface area (Å²) >= 11 is 0. The normalized spacial score (nSPS) is 18.7. The van der Waals surface area contributed by atoms with Gasteiger partial charge in [-0.3, -0.25) is 0 Å². The molecule has 0 aromatic carbocycles. The van der Waals surface area contributed by atoms with Crippen molar-refractivity contribution in [3.8, 4) is 0 Å². The standard InChI is InChI=1S/C11H10F12O3/c1-3(8(14,15)5(12)10(18,19)20)25-7(24)26-4(2)9(16,17)6(13)11(21,22)23/h3-6H,1-2H3. The number of carbonyl (C=O) groups excluding carboxylic acids is 1. The third-order valence-electron chi connectivity index (χ3n) is 2.88. The van der Waals surface area contributed by atoms with Crippen molar-refractivity contribution in [3.63, 3.8) is 0 Å². The zero-order valence-electron chi connectivity index (χ0n) is 12.6. The summed E-state index contributed by atoms with van der Waals surface area (Å²) in [5, 5.41) is 0. The molecule has 0 saturated heterocycles. The number of alkyl halides is 12. The highest BCUT2D eigenvalue weighted by Crippen LogP contribution is 2.39. The van der Waals surface area contributed by atoms with Gasteiger partial charge in [0.1, 0.15) is 0 Å². The Balaban J connectivity index is 5.04. The van der Waals surface area contributed by atoms with Crippen LogP contribution in [-0.2, 0) is 9.47 Å². The number of halogens is 12. The summed E-state index contributed by atoms with van der Waals surface area (Å²) in [5.41, 5.74) is 0. The lowest BCUT2D eigenvalue weighted by Crippen LogP contribution is -2.51. The first-order valence-corrected chi connectivity index (χ1v) is 6.30. The lowest BCUT2D eigenvalue weighted by atomic mass is 10.1. The lowest BCUT2D eigenvalue weighted by molar-refractivity contribution is -0.273. The summed E-state index contributed by atoms with van der Waals surface area (Å²) in [5.74, 6) is -10.8. The molecule has 0 amide bonds. The van der Waals surface area contributed by atoms with E-state index in [1.165, 1.54) is 0 Å². The molecular weight excluding hydrogens is 408 g/mol. The van der Waals surface area contributed by atoms with Gasteiger partial charge in [0.2, 0.25) is 0 Å². The molecule has 0 bridgehead atoms. The maximum atomic E-state index is 13.1. The molecule has 0 saturated carbocycles. The van der Waals surface area contributed by atoms with Crippen LogP contribution in [0.15, 0.2) is 0 Å². The van der Waals surface area contributed by atoms with E-state index in [-0.39, 0.29) is 13.8 Å². The number of carbonyl (C=O) groups is 1. The Hall–Kier alpha value is -1.57. The van der Waals surface area contributed by atoms with Gasteiger partial charge in [0, 0.05) is 0 Å². The molecule has 0 aliphatic rings. The minimum absolute atomic E-state index is 0.0378. The van der Waals surface area contributed by atoms with E-state index in [9.17, 15) is 57.5 Å². The first-order valence-electron chi connectivity index (χ1n) is 6.30. The zero-order chi connectivity index (χ0) is 21.3. The van der Waals surface area contributed by atoms with Gasteiger partial charge >= 0.3 is 30.4 Å². The predicted molar refractivity (Wildman–Crippen MR) is 58.3 cm³/mol. The molecule has 0 aromatic heterocycles. The van der Waals surface area contributed by atoms with E-state index in [1.807, 2.05) is 0 Å². The van der Waals surface area contributed by atoms with Gasteiger partial charge in [-0.1, -0.05) is 0 Å². The summed E-state index contributed by atoms with van der Waals surface area (Å²) in [7, 11) is 0. The monoisotopic (exact) mass is 418 g/mol. The van der Waals surface area contributed by atoms with Crippen LogP contribution in [0.1, 0.15) is 13.8 Å². The van der Waals surface area contributed by atoms with Crippen LogP contribution in [0.5, 0.6) is 0 Å². The van der Waals surface area contributed by atoms with Gasteiger partial charge in [0.15, 0.2) is 12.2 Å². The highest BCUT2D eigenvalue weighted by atomic mass is 19.4. The Morgan fingerprint density at radius 1 is 0.654 bits per heavy atom. The van der Waals surface area contributed by atoms with E-state index in [0.29, 0.717) is 0 Å². The summed E-state index contributed by atoms with van der Waals surface area (Å²) in [6, 6.07) is 0. The van der Waals surface area contributed by atoms with E-state index < -0.39 is 54.9 Å². The Morgan fingerprint density at radius 2 is 0.885 bits per heavy atom. The van der Waals surface area contributed by atoms with Gasteiger partial charge in [0.25, 0.3) is 12.3 Å². The van der Waals surface area contributed by atoms with E-state index in [2.05, 4.69) is 9.47 Å². The fraction of sp³-hybridized carbons (Fsp3) is 0.909. The quantitative estimate of drug-likeness (QED) is 0.451. The van der Waals surface area contributed by atoms with Crippen LogP contribution in [0.3, 0.4) is 0 Å². The topological polar surface area (TPSA) is 35.5 Å². The van der Waals surface area contributed by atoms with Crippen LogP contribution >= 0.6 is 0 Å². The average molecular weight is 418 g/mol. The molecule has 0 radical (unpaired) electrons. The fourth-order valence-electron chi connectivity index (χ4n) is 1.32. The Bertz CT molecular complexity index is 444. The van der Waals surface area contributed by atoms with Crippen LogP contribution < -0.4 is 0 Å². The number of hydrogen-bond acceptors (Lipinski definition) is 3. The minimum Gasteiger partial charge on any atom is -0.425 e. The second kappa shape index (κ2) is 7.58. The maximum Gasteiger partial charge on any atom is 0.509 e. The van der Waals surface area contributed by atoms with Crippen molar-refractivity contribution in [2.75, 3.05) is 0 Å². The second-order valence-corrected chi connectivity index (χ2v) is 4.93. The predicted octanol–water partition coefficient (Wildman–Crippen LogP) is 4.99. The number of rotatable bonds is 6. The van der Waals surface area contributed by atoms with Crippen molar-refractivity contribution in [3.05, 3.63) is 0 Å². The summed E-state index contributed by atoms with van der Waals surface area (Å²) in [4.78, 5) is 11.0. The fourth-order valence-corrected chi connectivity index (χ4v) is 1.32. The van der Waals surface area contributed by atoms with Crippen molar-refractivity contribution < 1.29 is 67.0 Å². The van der Waals surface area contributed by atoms with Crippen LogP contribution in [0.2, 0.25) is 0 Å². The molecule has 156 valence electrons. The molecule has 0 aliphatic carbocycles. The number of ether oxygens (including phenoxy) is 2. The molecule has 0 aliphatic heterocycles. The van der Waals surface area contributed by atoms with Crippen molar-refractivity contribution in [1.29, 1.82) is 0 Å². The van der Waals surface area contributed by atoms with Gasteiger partial charge in [0.05, 0.1) is 0 Å². The van der Waals surface area contributed by atoms with Gasteiger partial charge in [-0.25, -0.2) is 13.6 Å². The Kier molecular flexibility index (Phi) is 7.12. The van der Waals surface area contributed by atoms with Gasteiger partial charge in [-0.15, -0.1) is 0 Å². The highest BCUT2D eigenvalue weighted by Gasteiger charge is 2.62. The van der Waals surface area contributed by atoms with E-state index in [0.717, 1.165) is 0 Å². The van der Waals surface area contributed by atoms with Gasteiger partial charge < -0.3 is 9.47 Å². The molecule has 3 nitrogen and oxygen atoms in total. The van der Waals surface area contributed by atoms with E-state index in [4.69, 9.17) is 0 Å². The van der Waals surface area contributed by atoms with E-state index >= 15 is 0 Å². The zero-order valence-corrected chi connectivity index (χ0v) is 12.6. The third kappa shape index (κ3) is 5.72. The summed E-state index contributed by atoms with van der Waals surface area (Å²) in [6.45, 7) is 0.0755. The van der Waals surface area contributed by atoms with E-state index in [1.54, 1.807) is 0 Å². The smallest absolute Gasteiger partial charge is 0.425 e. The van der Waals surface area contributed by atoms with Crippen LogP contribution in [0.25, 0.3) is 0 Å². The molecule has 0 rings (SSSR count). The first kappa shape index (κ1) is 24.4. The average Bonchev–Trinajstić information content (AvgIpc) is 2.42. The second-order valence-electron chi connectivity index (χ2n) is 4.93. The van der Waals surface area contributed by atoms with Crippen LogP contribution in [-0.4, -0.2) is 54.9 Å². The molecule has 0 heterocycles. The molecule has 26 heavy (non-hydrogen) atoms. The minimum atomic E-state index is -6.07. The molecular formula is C11H10F12O3. The molecule has 0 fully saturated rings. The summed E-state index contributed by atoms with van der Waals surface area (Å²) in [6.07, 6.45) is -30.8. The van der Waals surface area contributed by atoms with Gasteiger partial charge in [-0.2, -0.15) is 43.9 Å². The molecule has 0 spiro atoms. The van der Waals surface area contributed by atoms with Crippen LogP contribution in [0.4, 0.5) is 57.5 Å². The molecule has 0 aromatic rings. The third-order valence-corrected chi connectivity index (χ3v) is 2.88. The molecule has 4 unspecified atom stereocenters. The van der Waals surface area contributed by atoms with Crippen molar-refractivity contribution in [2.45, 2.75) is 62.6 Å². The molecule has 4 atom stereocenters. The maximum absolute atomic E-state index is 13.1. The molecule has 0 N–H and O–H groups in total. The molecule has 15 heteroatoms. The van der Waals surface area contributed by atoms with Crippen molar-refractivity contribution >= 4 is 6.16 Å². The first-order chi connectivity index (χ1) is 11.3. The SMILES string of the molecule is CC(OC(=O)OC(C)C(F)(F)C(F)C(F)(F)F)C(F)(F)C(F)C(F)(F)F. The number of hydrogen-bond donors (Lipinski definition) is 0.